The molecule has 0 aliphatic heterocycles. The van der Waals surface area contributed by atoms with E-state index in [9.17, 15) is 0 Å². The van der Waals surface area contributed by atoms with Crippen LogP contribution in [-0.4, -0.2) is 78.8 Å². The summed E-state index contributed by atoms with van der Waals surface area (Å²) < 4.78 is 34.7. The Morgan fingerprint density at radius 2 is 0.889 bits per heavy atom. The summed E-state index contributed by atoms with van der Waals surface area (Å²) in [6.45, 7) is 0. The van der Waals surface area contributed by atoms with Gasteiger partial charge in [-0.1, -0.05) is 48.7 Å². The van der Waals surface area contributed by atoms with Crippen LogP contribution in [0.1, 0.15) is 24.0 Å². The van der Waals surface area contributed by atoms with Gasteiger partial charge in [0.05, 0.1) is 0 Å². The molecule has 0 bridgehead atoms. The fourth-order valence-electron chi connectivity index (χ4n) is 3.10. The molecular weight excluding hydrogens is 609 g/mol. The lowest BCUT2D eigenvalue weighted by Crippen LogP contribution is -2.42. The van der Waals surface area contributed by atoms with E-state index in [2.05, 4.69) is 24.3 Å². The zero-order valence-corrected chi connectivity index (χ0v) is 28.8. The average Bonchev–Trinajstić information content (AvgIpc) is 2.92. The Hall–Kier alpha value is 0.994. The van der Waals surface area contributed by atoms with Crippen LogP contribution >= 0.6 is 71.5 Å². The molecule has 0 aliphatic carbocycles. The van der Waals surface area contributed by atoms with Gasteiger partial charge in [0.2, 0.25) is 0 Å². The first-order valence-corrected chi connectivity index (χ1v) is 19.9. The van der Waals surface area contributed by atoms with Crippen LogP contribution in [0.5, 0.6) is 0 Å². The van der Waals surface area contributed by atoms with Crippen molar-refractivity contribution >= 4 is 96.1 Å². The van der Waals surface area contributed by atoms with E-state index >= 15 is 0 Å². The van der Waals surface area contributed by atoms with E-state index in [1.807, 2.05) is 0 Å². The second-order valence-electron chi connectivity index (χ2n) is 7.39. The van der Waals surface area contributed by atoms with E-state index in [4.69, 9.17) is 51.0 Å². The normalized spacial score (nSPS) is 12.2. The lowest BCUT2D eigenvalue weighted by atomic mass is 10.2. The van der Waals surface area contributed by atoms with Crippen LogP contribution in [0.3, 0.4) is 0 Å². The van der Waals surface area contributed by atoms with Gasteiger partial charge < -0.3 is 26.6 Å². The van der Waals surface area contributed by atoms with Gasteiger partial charge >= 0.3 is 17.6 Å². The minimum absolute atomic E-state index is 0.788. The summed E-state index contributed by atoms with van der Waals surface area (Å²) >= 11 is 17.9. The van der Waals surface area contributed by atoms with E-state index in [1.54, 1.807) is 89.7 Å². The highest BCUT2D eigenvalue weighted by Gasteiger charge is 2.37. The zero-order valence-electron chi connectivity index (χ0n) is 21.9. The molecule has 1 rings (SSSR count). The van der Waals surface area contributed by atoms with Gasteiger partial charge in [-0.25, -0.2) is 0 Å². The third-order valence-electron chi connectivity index (χ3n) is 5.30. The highest BCUT2D eigenvalue weighted by Crippen LogP contribution is 2.27. The van der Waals surface area contributed by atoms with Crippen LogP contribution in [0.2, 0.25) is 12.1 Å². The molecule has 36 heavy (non-hydrogen) atoms. The van der Waals surface area contributed by atoms with Gasteiger partial charge in [0.1, 0.15) is 7.06 Å². The van der Waals surface area contributed by atoms with E-state index in [-0.39, 0.29) is 0 Å². The lowest BCUT2D eigenvalue weighted by Gasteiger charge is -2.24. The molecule has 0 fully saturated rings. The van der Waals surface area contributed by atoms with Gasteiger partial charge in [0.15, 0.2) is 0 Å². The minimum Gasteiger partial charge on any atom is -0.377 e. The first kappa shape index (κ1) is 35.0. The van der Waals surface area contributed by atoms with E-state index in [1.165, 1.54) is 11.1 Å². The second-order valence-corrected chi connectivity index (χ2v) is 20.1. The van der Waals surface area contributed by atoms with Crippen molar-refractivity contribution in [2.24, 2.45) is 0 Å². The zero-order chi connectivity index (χ0) is 26.9. The van der Waals surface area contributed by atoms with Crippen LogP contribution < -0.4 is 0 Å². The largest absolute Gasteiger partial charge is 0.500 e. The maximum atomic E-state index is 5.53. The second kappa shape index (κ2) is 20.0. The Morgan fingerprint density at radius 1 is 0.583 bits per heavy atom. The predicted octanol–water partition coefficient (Wildman–Crippen LogP) is 6.73. The quantitative estimate of drug-likeness (QED) is 0.0966. The summed E-state index contributed by atoms with van der Waals surface area (Å²) in [6.07, 6.45) is 1.88. The van der Waals surface area contributed by atoms with Crippen LogP contribution in [0, 0.1) is 0 Å². The van der Waals surface area contributed by atoms with Crippen molar-refractivity contribution in [1.29, 1.82) is 0 Å². The first-order chi connectivity index (χ1) is 17.3. The number of thiocarbonyl (C=S) groups is 2. The van der Waals surface area contributed by atoms with Crippen LogP contribution in [0.25, 0.3) is 0 Å². The number of hydrogen-bond donors (Lipinski definition) is 0. The molecule has 0 radical (unpaired) electrons. The molecule has 1 aromatic rings. The van der Waals surface area contributed by atoms with E-state index < -0.39 is 17.6 Å². The molecule has 0 unspecified atom stereocenters. The maximum absolute atomic E-state index is 5.53. The number of thioether (sulfide) groups is 4. The Bertz CT molecular complexity index is 686. The van der Waals surface area contributed by atoms with Gasteiger partial charge in [0.25, 0.3) is 0 Å². The standard InChI is InChI=1S/C22H38O6S6Si2/c1-23-35(24-2,25-3)15-7-13-31-21(29)33-17-19-9-11-20(12-10-19)18-34-22(30)32-14-8-16-36(26-4,27-5)28-6/h9-12H,7-8,13-18H2,1-6H3. The summed E-state index contributed by atoms with van der Waals surface area (Å²) in [5.41, 5.74) is 2.53. The monoisotopic (exact) mass is 646 g/mol. The number of rotatable bonds is 18. The highest BCUT2D eigenvalue weighted by molar-refractivity contribution is 8.47. The molecule has 0 aromatic heterocycles. The topological polar surface area (TPSA) is 55.4 Å². The molecule has 206 valence electrons. The minimum atomic E-state index is -2.49. The Labute approximate surface area is 247 Å². The molecule has 0 heterocycles. The third-order valence-corrected chi connectivity index (χ3v) is 16.7. The van der Waals surface area contributed by atoms with Crippen molar-refractivity contribution in [1.82, 2.24) is 0 Å². The predicted molar refractivity (Wildman–Crippen MR) is 172 cm³/mol. The van der Waals surface area contributed by atoms with Crippen molar-refractivity contribution < 1.29 is 26.6 Å². The molecule has 6 nitrogen and oxygen atoms in total. The van der Waals surface area contributed by atoms with Crippen molar-refractivity contribution in [3.63, 3.8) is 0 Å². The van der Waals surface area contributed by atoms with Gasteiger partial charge in [0, 0.05) is 66.3 Å². The molecule has 0 saturated heterocycles. The fraction of sp³-hybridized carbons (Fsp3) is 0.636. The van der Waals surface area contributed by atoms with Crippen LogP contribution in [-0.2, 0) is 38.1 Å². The average molecular weight is 647 g/mol. The lowest BCUT2D eigenvalue weighted by molar-refractivity contribution is 0.123. The van der Waals surface area contributed by atoms with Crippen molar-refractivity contribution in [3.05, 3.63) is 35.4 Å². The highest BCUT2D eigenvalue weighted by atomic mass is 32.2. The van der Waals surface area contributed by atoms with Gasteiger partial charge in [-0.05, 0) is 35.5 Å². The van der Waals surface area contributed by atoms with E-state index in [0.29, 0.717) is 0 Å². The molecule has 1 aromatic carbocycles. The maximum Gasteiger partial charge on any atom is 0.500 e. The Balaban J connectivity index is 2.25. The first-order valence-electron chi connectivity index (χ1n) is 11.3. The third kappa shape index (κ3) is 13.4. The van der Waals surface area contributed by atoms with Crippen LogP contribution in [0.4, 0.5) is 0 Å². The van der Waals surface area contributed by atoms with E-state index in [0.717, 1.165) is 55.0 Å². The molecule has 0 atom stereocenters. The number of hydrogen-bond acceptors (Lipinski definition) is 12. The fourth-order valence-corrected chi connectivity index (χ4v) is 11.3. The molecule has 0 saturated carbocycles. The van der Waals surface area contributed by atoms with Crippen molar-refractivity contribution in [2.75, 3.05) is 54.2 Å². The molecule has 0 spiro atoms. The van der Waals surface area contributed by atoms with Crippen molar-refractivity contribution in [3.8, 4) is 0 Å². The summed E-state index contributed by atoms with van der Waals surface area (Å²) in [4.78, 5) is 0. The molecule has 0 N–H and O–H groups in total. The Kier molecular flexibility index (Phi) is 19.4. The molecule has 14 heteroatoms. The van der Waals surface area contributed by atoms with Gasteiger partial charge in [-0.15, -0.1) is 47.0 Å². The summed E-state index contributed by atoms with van der Waals surface area (Å²) in [5.74, 6) is 3.60. The Morgan fingerprint density at radius 3 is 1.17 bits per heavy atom. The summed E-state index contributed by atoms with van der Waals surface area (Å²) in [5, 5.41) is 0. The smallest absolute Gasteiger partial charge is 0.377 e. The number of benzene rings is 1. The summed E-state index contributed by atoms with van der Waals surface area (Å²) in [7, 11) is 4.89. The summed E-state index contributed by atoms with van der Waals surface area (Å²) in [6, 6.07) is 10.3. The van der Waals surface area contributed by atoms with Gasteiger partial charge in [-0.2, -0.15) is 0 Å². The van der Waals surface area contributed by atoms with Gasteiger partial charge in [-0.3, -0.25) is 0 Å². The SMILES string of the molecule is CO[Si](CCCSC(=S)SCc1ccc(CSC(=S)SCCC[Si](OC)(OC)OC)cc1)(OC)OC. The molecule has 0 aliphatic rings. The molecular formula is C22H38O6S6Si2. The molecule has 0 amide bonds. The van der Waals surface area contributed by atoms with Crippen molar-refractivity contribution in [2.45, 2.75) is 36.4 Å². The van der Waals surface area contributed by atoms with Crippen LogP contribution in [0.15, 0.2) is 24.3 Å².